The first-order valence-corrected chi connectivity index (χ1v) is 9.97. The quantitative estimate of drug-likeness (QED) is 0.785. The summed E-state index contributed by atoms with van der Waals surface area (Å²) in [6, 6.07) is 10.3. The minimum atomic E-state index is -3.81. The molecule has 146 valence electrons. The maximum atomic E-state index is 12.7. The Balaban J connectivity index is 1.80. The maximum Gasteiger partial charge on any atom is 0.387 e. The second-order valence-electron chi connectivity index (χ2n) is 6.19. The summed E-state index contributed by atoms with van der Waals surface area (Å²) >= 11 is 0. The molecule has 0 unspecified atom stereocenters. The molecular weight excluding hydrogens is 376 g/mol. The first-order valence-electron chi connectivity index (χ1n) is 8.49. The highest BCUT2D eigenvalue weighted by Gasteiger charge is 2.19. The van der Waals surface area contributed by atoms with E-state index in [2.05, 4.69) is 19.7 Å². The predicted molar refractivity (Wildman–Crippen MR) is 100 cm³/mol. The number of hydrogen-bond donors (Lipinski definition) is 2. The molecule has 2 aromatic carbocycles. The number of sulfonamides is 1. The van der Waals surface area contributed by atoms with Gasteiger partial charge in [-0.15, -0.1) is 0 Å². The topological polar surface area (TPSA) is 70.7 Å². The number of nitrogens with zero attached hydrogens (tertiary/aromatic N) is 1. The predicted octanol–water partition coefficient (Wildman–Crippen LogP) is 2.81. The van der Waals surface area contributed by atoms with Crippen molar-refractivity contribution in [2.24, 2.45) is 0 Å². The van der Waals surface area contributed by atoms with E-state index in [9.17, 15) is 17.2 Å². The second-order valence-corrected chi connectivity index (χ2v) is 7.88. The van der Waals surface area contributed by atoms with Gasteiger partial charge in [-0.1, -0.05) is 6.07 Å². The van der Waals surface area contributed by atoms with Crippen LogP contribution in [0.5, 0.6) is 5.75 Å². The molecule has 2 aromatic rings. The van der Waals surface area contributed by atoms with E-state index in [1.807, 2.05) is 6.92 Å². The lowest BCUT2D eigenvalue weighted by atomic mass is 10.1. The smallest absolute Gasteiger partial charge is 0.387 e. The van der Waals surface area contributed by atoms with Crippen LogP contribution in [0.2, 0.25) is 0 Å². The van der Waals surface area contributed by atoms with Crippen LogP contribution < -0.4 is 19.7 Å². The Morgan fingerprint density at radius 3 is 2.41 bits per heavy atom. The third-order valence-electron chi connectivity index (χ3n) is 4.28. The van der Waals surface area contributed by atoms with Gasteiger partial charge in [-0.25, -0.2) is 8.42 Å². The van der Waals surface area contributed by atoms with E-state index in [1.54, 1.807) is 18.2 Å². The van der Waals surface area contributed by atoms with Gasteiger partial charge in [-0.2, -0.15) is 8.78 Å². The molecule has 1 fully saturated rings. The zero-order valence-electron chi connectivity index (χ0n) is 14.8. The highest BCUT2D eigenvalue weighted by Crippen LogP contribution is 2.26. The maximum absolute atomic E-state index is 12.7. The van der Waals surface area contributed by atoms with E-state index in [4.69, 9.17) is 0 Å². The minimum absolute atomic E-state index is 0.0377. The van der Waals surface area contributed by atoms with Crippen molar-refractivity contribution in [3.63, 3.8) is 0 Å². The Hall–Kier alpha value is -2.39. The standard InChI is InChI=1S/C18H21F2N3O3S/c1-13-2-7-16(12-17(13)23-10-8-21-9-11-23)27(24,25)22-14-3-5-15(6-4-14)26-18(19)20/h2-7,12,18,21-22H,8-11H2,1H3. The average Bonchev–Trinajstić information content (AvgIpc) is 2.63. The molecule has 0 amide bonds. The summed E-state index contributed by atoms with van der Waals surface area (Å²) in [5, 5.41) is 3.27. The summed E-state index contributed by atoms with van der Waals surface area (Å²) in [5.41, 5.74) is 2.16. The summed E-state index contributed by atoms with van der Waals surface area (Å²) in [6.45, 7) is 2.34. The zero-order valence-corrected chi connectivity index (χ0v) is 15.6. The van der Waals surface area contributed by atoms with Crippen molar-refractivity contribution >= 4 is 21.4 Å². The lowest BCUT2D eigenvalue weighted by Gasteiger charge is -2.31. The molecule has 0 saturated carbocycles. The summed E-state index contributed by atoms with van der Waals surface area (Å²) in [5.74, 6) is -0.0377. The fourth-order valence-corrected chi connectivity index (χ4v) is 4.00. The average molecular weight is 397 g/mol. The number of aryl methyl sites for hydroxylation is 1. The molecule has 3 rings (SSSR count). The van der Waals surface area contributed by atoms with E-state index < -0.39 is 16.6 Å². The number of halogens is 2. The van der Waals surface area contributed by atoms with Crippen LogP contribution in [0.25, 0.3) is 0 Å². The SMILES string of the molecule is Cc1ccc(S(=O)(=O)Nc2ccc(OC(F)F)cc2)cc1N1CCNCC1. The fourth-order valence-electron chi connectivity index (χ4n) is 2.92. The van der Waals surface area contributed by atoms with Gasteiger partial charge in [0.25, 0.3) is 10.0 Å². The van der Waals surface area contributed by atoms with Crippen molar-refractivity contribution in [2.75, 3.05) is 35.8 Å². The first kappa shape index (κ1) is 19.4. The van der Waals surface area contributed by atoms with Gasteiger partial charge in [0.15, 0.2) is 0 Å². The number of ether oxygens (including phenoxy) is 1. The largest absolute Gasteiger partial charge is 0.435 e. The highest BCUT2D eigenvalue weighted by molar-refractivity contribution is 7.92. The van der Waals surface area contributed by atoms with Crippen LogP contribution in [0.15, 0.2) is 47.4 Å². The Morgan fingerprint density at radius 2 is 1.78 bits per heavy atom. The van der Waals surface area contributed by atoms with Crippen LogP contribution in [0, 0.1) is 6.92 Å². The van der Waals surface area contributed by atoms with Crippen molar-refractivity contribution in [2.45, 2.75) is 18.4 Å². The number of benzene rings is 2. The molecule has 1 aliphatic heterocycles. The van der Waals surface area contributed by atoms with Gasteiger partial charge in [0, 0.05) is 37.6 Å². The Kier molecular flexibility index (Phi) is 5.81. The van der Waals surface area contributed by atoms with Crippen LogP contribution in [-0.2, 0) is 10.0 Å². The molecule has 0 bridgehead atoms. The van der Waals surface area contributed by atoms with Gasteiger partial charge in [0.2, 0.25) is 0 Å². The monoisotopic (exact) mass is 397 g/mol. The van der Waals surface area contributed by atoms with Crippen LogP contribution in [0.1, 0.15) is 5.56 Å². The molecule has 1 heterocycles. The van der Waals surface area contributed by atoms with E-state index in [0.29, 0.717) is 0 Å². The fraction of sp³-hybridized carbons (Fsp3) is 0.333. The zero-order chi connectivity index (χ0) is 19.4. The van der Waals surface area contributed by atoms with Crippen LogP contribution in [0.4, 0.5) is 20.2 Å². The summed E-state index contributed by atoms with van der Waals surface area (Å²) in [6.07, 6.45) is 0. The van der Waals surface area contributed by atoms with Gasteiger partial charge in [-0.05, 0) is 48.9 Å². The molecule has 27 heavy (non-hydrogen) atoms. The first-order chi connectivity index (χ1) is 12.8. The van der Waals surface area contributed by atoms with Gasteiger partial charge in [-0.3, -0.25) is 4.72 Å². The lowest BCUT2D eigenvalue weighted by molar-refractivity contribution is -0.0498. The Bertz CT molecular complexity index is 883. The number of piperazine rings is 1. The molecule has 0 atom stereocenters. The summed E-state index contributed by atoms with van der Waals surface area (Å²) < 4.78 is 56.5. The van der Waals surface area contributed by atoms with E-state index in [-0.39, 0.29) is 16.3 Å². The molecule has 0 aromatic heterocycles. The minimum Gasteiger partial charge on any atom is -0.435 e. The lowest BCUT2D eigenvalue weighted by Crippen LogP contribution is -2.43. The van der Waals surface area contributed by atoms with E-state index >= 15 is 0 Å². The molecule has 2 N–H and O–H groups in total. The number of rotatable bonds is 6. The molecule has 0 radical (unpaired) electrons. The summed E-state index contributed by atoms with van der Waals surface area (Å²) in [4.78, 5) is 2.30. The third-order valence-corrected chi connectivity index (χ3v) is 5.66. The van der Waals surface area contributed by atoms with Gasteiger partial charge in [0.05, 0.1) is 4.90 Å². The molecular formula is C18H21F2N3O3S. The molecule has 0 spiro atoms. The summed E-state index contributed by atoms with van der Waals surface area (Å²) in [7, 11) is -3.81. The number of anilines is 2. The Morgan fingerprint density at radius 1 is 1.11 bits per heavy atom. The van der Waals surface area contributed by atoms with Crippen molar-refractivity contribution in [1.82, 2.24) is 5.32 Å². The van der Waals surface area contributed by atoms with Crippen LogP contribution in [0.3, 0.4) is 0 Å². The molecule has 6 nitrogen and oxygen atoms in total. The normalized spacial score (nSPS) is 15.0. The highest BCUT2D eigenvalue weighted by atomic mass is 32.2. The number of hydrogen-bond acceptors (Lipinski definition) is 5. The Labute approximate surface area is 157 Å². The van der Waals surface area contributed by atoms with Crippen molar-refractivity contribution in [3.05, 3.63) is 48.0 Å². The van der Waals surface area contributed by atoms with E-state index in [0.717, 1.165) is 37.4 Å². The van der Waals surface area contributed by atoms with Crippen molar-refractivity contribution in [1.29, 1.82) is 0 Å². The second kappa shape index (κ2) is 8.10. The van der Waals surface area contributed by atoms with Gasteiger partial charge in [0.1, 0.15) is 5.75 Å². The van der Waals surface area contributed by atoms with Crippen molar-refractivity contribution < 1.29 is 21.9 Å². The van der Waals surface area contributed by atoms with E-state index in [1.165, 1.54) is 24.3 Å². The van der Waals surface area contributed by atoms with Gasteiger partial charge < -0.3 is 15.0 Å². The van der Waals surface area contributed by atoms with Crippen LogP contribution >= 0.6 is 0 Å². The molecule has 1 aliphatic rings. The third kappa shape index (κ3) is 4.86. The number of nitrogens with one attached hydrogen (secondary N) is 2. The van der Waals surface area contributed by atoms with Crippen LogP contribution in [-0.4, -0.2) is 41.2 Å². The van der Waals surface area contributed by atoms with Gasteiger partial charge >= 0.3 is 6.61 Å². The number of alkyl halides is 2. The molecule has 0 aliphatic carbocycles. The molecule has 1 saturated heterocycles. The molecule has 9 heteroatoms. The van der Waals surface area contributed by atoms with Crippen molar-refractivity contribution in [3.8, 4) is 5.75 Å².